The van der Waals surface area contributed by atoms with Crippen LogP contribution in [0.1, 0.15) is 19.5 Å². The number of hydrogen-bond acceptors (Lipinski definition) is 3. The number of aliphatic hydroxyl groups is 1. The molecular weight excluding hydrogens is 178 g/mol. The summed E-state index contributed by atoms with van der Waals surface area (Å²) < 4.78 is 1.79. The van der Waals surface area contributed by atoms with Gasteiger partial charge in [0.1, 0.15) is 0 Å². The number of aryl methyl sites for hydroxylation is 1. The van der Waals surface area contributed by atoms with E-state index in [1.165, 1.54) is 0 Å². The lowest BCUT2D eigenvalue weighted by atomic mass is 9.95. The third kappa shape index (κ3) is 3.47. The van der Waals surface area contributed by atoms with Crippen LogP contribution >= 0.6 is 0 Å². The number of hydrogen-bond donors (Lipinski definition) is 2. The van der Waals surface area contributed by atoms with Crippen LogP contribution in [-0.4, -0.2) is 28.0 Å². The number of rotatable bonds is 5. The second kappa shape index (κ2) is 4.57. The van der Waals surface area contributed by atoms with Gasteiger partial charge in [-0.1, -0.05) is 13.8 Å². The van der Waals surface area contributed by atoms with Crippen LogP contribution in [0.2, 0.25) is 0 Å². The molecule has 0 saturated heterocycles. The molecule has 0 aliphatic heterocycles. The molecule has 14 heavy (non-hydrogen) atoms. The molecule has 0 spiro atoms. The first-order chi connectivity index (χ1) is 6.53. The average Bonchev–Trinajstić information content (AvgIpc) is 2.51. The zero-order valence-electron chi connectivity index (χ0n) is 9.12. The van der Waals surface area contributed by atoms with Gasteiger partial charge >= 0.3 is 0 Å². The first-order valence-corrected chi connectivity index (χ1v) is 4.84. The van der Waals surface area contributed by atoms with Crippen LogP contribution in [-0.2, 0) is 13.6 Å². The van der Waals surface area contributed by atoms with Gasteiger partial charge in [-0.2, -0.15) is 5.10 Å². The topological polar surface area (TPSA) is 50.1 Å². The van der Waals surface area contributed by atoms with Gasteiger partial charge in [-0.15, -0.1) is 0 Å². The molecule has 0 bridgehead atoms. The molecule has 1 aromatic heterocycles. The lowest BCUT2D eigenvalue weighted by Gasteiger charge is -2.21. The van der Waals surface area contributed by atoms with Crippen molar-refractivity contribution in [1.29, 1.82) is 0 Å². The van der Waals surface area contributed by atoms with E-state index in [0.29, 0.717) is 0 Å². The van der Waals surface area contributed by atoms with Crippen LogP contribution in [0.4, 0.5) is 0 Å². The Bertz CT molecular complexity index is 281. The lowest BCUT2D eigenvalue weighted by Crippen LogP contribution is -2.32. The highest BCUT2D eigenvalue weighted by molar-refractivity contribution is 4.98. The van der Waals surface area contributed by atoms with E-state index in [1.807, 2.05) is 33.2 Å². The first kappa shape index (κ1) is 11.2. The Kier molecular flexibility index (Phi) is 3.66. The Hall–Kier alpha value is -0.870. The maximum atomic E-state index is 9.04. The van der Waals surface area contributed by atoms with E-state index in [0.717, 1.165) is 18.8 Å². The van der Waals surface area contributed by atoms with Crippen molar-refractivity contribution in [2.45, 2.75) is 20.4 Å². The fourth-order valence-electron chi connectivity index (χ4n) is 1.14. The third-order valence-electron chi connectivity index (χ3n) is 2.11. The Morgan fingerprint density at radius 1 is 1.57 bits per heavy atom. The van der Waals surface area contributed by atoms with Crippen molar-refractivity contribution in [3.8, 4) is 0 Å². The lowest BCUT2D eigenvalue weighted by molar-refractivity contribution is 0.156. The molecule has 1 aromatic rings. The van der Waals surface area contributed by atoms with Gasteiger partial charge < -0.3 is 10.4 Å². The molecule has 0 unspecified atom stereocenters. The summed E-state index contributed by atoms with van der Waals surface area (Å²) in [6, 6.07) is 1.99. The van der Waals surface area contributed by atoms with Crippen LogP contribution in [0.5, 0.6) is 0 Å². The van der Waals surface area contributed by atoms with Gasteiger partial charge in [0.15, 0.2) is 0 Å². The normalized spacial score (nSPS) is 12.0. The minimum Gasteiger partial charge on any atom is -0.396 e. The molecule has 4 heteroatoms. The van der Waals surface area contributed by atoms with Crippen molar-refractivity contribution < 1.29 is 5.11 Å². The van der Waals surface area contributed by atoms with E-state index in [2.05, 4.69) is 10.4 Å². The molecular formula is C10H19N3O. The van der Waals surface area contributed by atoms with Crippen molar-refractivity contribution in [3.05, 3.63) is 18.0 Å². The highest BCUT2D eigenvalue weighted by Crippen LogP contribution is 2.11. The second-order valence-electron chi connectivity index (χ2n) is 4.41. The number of nitrogens with one attached hydrogen (secondary N) is 1. The van der Waals surface area contributed by atoms with Crippen molar-refractivity contribution in [3.63, 3.8) is 0 Å². The van der Waals surface area contributed by atoms with Gasteiger partial charge in [-0.05, 0) is 6.07 Å². The van der Waals surface area contributed by atoms with Crippen LogP contribution in [0.25, 0.3) is 0 Å². The molecule has 80 valence electrons. The van der Waals surface area contributed by atoms with E-state index in [9.17, 15) is 0 Å². The summed E-state index contributed by atoms with van der Waals surface area (Å²) in [6.07, 6.45) is 1.92. The van der Waals surface area contributed by atoms with Crippen molar-refractivity contribution in [1.82, 2.24) is 15.1 Å². The summed E-state index contributed by atoms with van der Waals surface area (Å²) in [5.41, 5.74) is 0.968. The fraction of sp³-hybridized carbons (Fsp3) is 0.700. The summed E-state index contributed by atoms with van der Waals surface area (Å²) in [6.45, 7) is 5.80. The largest absolute Gasteiger partial charge is 0.396 e. The minimum atomic E-state index is -0.0607. The average molecular weight is 197 g/mol. The molecule has 0 atom stereocenters. The molecule has 0 radical (unpaired) electrons. The van der Waals surface area contributed by atoms with Crippen LogP contribution in [0.15, 0.2) is 12.3 Å². The Morgan fingerprint density at radius 3 is 2.79 bits per heavy atom. The summed E-state index contributed by atoms with van der Waals surface area (Å²) in [5, 5.41) is 16.6. The maximum Gasteiger partial charge on any atom is 0.0762 e. The van der Waals surface area contributed by atoms with Crippen molar-refractivity contribution in [2.24, 2.45) is 12.5 Å². The summed E-state index contributed by atoms with van der Waals surface area (Å²) in [4.78, 5) is 0. The fourth-order valence-corrected chi connectivity index (χ4v) is 1.14. The van der Waals surface area contributed by atoms with E-state index in [-0.39, 0.29) is 12.0 Å². The smallest absolute Gasteiger partial charge is 0.0762 e. The maximum absolute atomic E-state index is 9.04. The number of nitrogens with zero attached hydrogens (tertiary/aromatic N) is 2. The quantitative estimate of drug-likeness (QED) is 0.724. The van der Waals surface area contributed by atoms with Crippen LogP contribution in [0.3, 0.4) is 0 Å². The summed E-state index contributed by atoms with van der Waals surface area (Å²) in [5.74, 6) is 0. The minimum absolute atomic E-state index is 0.0607. The van der Waals surface area contributed by atoms with Gasteiger partial charge in [0, 0.05) is 38.4 Å². The molecule has 0 saturated carbocycles. The SMILES string of the molecule is Cn1ccc(CNCC(C)(C)CO)n1. The van der Waals surface area contributed by atoms with Gasteiger partial charge in [0.05, 0.1) is 5.69 Å². The third-order valence-corrected chi connectivity index (χ3v) is 2.11. The highest BCUT2D eigenvalue weighted by Gasteiger charge is 2.15. The van der Waals surface area contributed by atoms with Crippen LogP contribution < -0.4 is 5.32 Å². The Balaban J connectivity index is 2.28. The molecule has 4 nitrogen and oxygen atoms in total. The molecule has 0 amide bonds. The molecule has 0 aliphatic rings. The summed E-state index contributed by atoms with van der Waals surface area (Å²) in [7, 11) is 1.90. The van der Waals surface area contributed by atoms with Crippen LogP contribution in [0, 0.1) is 5.41 Å². The monoisotopic (exact) mass is 197 g/mol. The zero-order chi connectivity index (χ0) is 10.6. The highest BCUT2D eigenvalue weighted by atomic mass is 16.3. The molecule has 2 N–H and O–H groups in total. The van der Waals surface area contributed by atoms with Gasteiger partial charge in [-0.3, -0.25) is 4.68 Å². The molecule has 1 rings (SSSR count). The molecule has 0 aliphatic carbocycles. The van der Waals surface area contributed by atoms with E-state index < -0.39 is 0 Å². The van der Waals surface area contributed by atoms with E-state index in [4.69, 9.17) is 5.11 Å². The van der Waals surface area contributed by atoms with Gasteiger partial charge in [-0.25, -0.2) is 0 Å². The Labute approximate surface area is 84.9 Å². The van der Waals surface area contributed by atoms with Gasteiger partial charge in [0.25, 0.3) is 0 Å². The molecule has 0 aromatic carbocycles. The zero-order valence-corrected chi connectivity index (χ0v) is 9.12. The standard InChI is InChI=1S/C10H19N3O/c1-10(2,8-14)7-11-6-9-4-5-13(3)12-9/h4-5,11,14H,6-8H2,1-3H3. The van der Waals surface area contributed by atoms with Crippen molar-refractivity contribution in [2.75, 3.05) is 13.2 Å². The number of aliphatic hydroxyl groups excluding tert-OH is 1. The second-order valence-corrected chi connectivity index (χ2v) is 4.41. The van der Waals surface area contributed by atoms with Gasteiger partial charge in [0.2, 0.25) is 0 Å². The predicted octanol–water partition coefficient (Wildman–Crippen LogP) is 0.528. The molecule has 0 fully saturated rings. The summed E-state index contributed by atoms with van der Waals surface area (Å²) >= 11 is 0. The van der Waals surface area contributed by atoms with E-state index >= 15 is 0 Å². The Morgan fingerprint density at radius 2 is 2.29 bits per heavy atom. The first-order valence-electron chi connectivity index (χ1n) is 4.84. The van der Waals surface area contributed by atoms with E-state index in [1.54, 1.807) is 4.68 Å². The predicted molar refractivity (Wildman–Crippen MR) is 55.8 cm³/mol. The number of aromatic nitrogens is 2. The van der Waals surface area contributed by atoms with Crippen molar-refractivity contribution >= 4 is 0 Å². The molecule has 1 heterocycles.